The minimum atomic E-state index is -0.0930. The van der Waals surface area contributed by atoms with Crippen LogP contribution in [0.3, 0.4) is 0 Å². The zero-order valence-electron chi connectivity index (χ0n) is 16.3. The molecule has 1 heterocycles. The van der Waals surface area contributed by atoms with Crippen LogP contribution in [0.4, 0.5) is 0 Å². The van der Waals surface area contributed by atoms with E-state index in [1.807, 2.05) is 4.90 Å². The molecule has 0 aromatic heterocycles. The van der Waals surface area contributed by atoms with Gasteiger partial charge in [-0.05, 0) is 87.4 Å². The summed E-state index contributed by atoms with van der Waals surface area (Å²) in [5.41, 5.74) is 0.659. The molecule has 1 saturated heterocycles. The van der Waals surface area contributed by atoms with Crippen LogP contribution in [0, 0.1) is 40.4 Å². The number of piperidine rings is 1. The first-order chi connectivity index (χ1) is 12.5. The normalized spacial score (nSPS) is 38.1. The van der Waals surface area contributed by atoms with Crippen LogP contribution >= 0.6 is 0 Å². The molecule has 5 rings (SSSR count). The molecule has 5 fully saturated rings. The van der Waals surface area contributed by atoms with Crippen molar-refractivity contribution >= 4 is 5.91 Å². The lowest BCUT2D eigenvalue weighted by atomic mass is 9.48. The molecule has 4 nitrogen and oxygen atoms in total. The smallest absolute Gasteiger partial charge is 0.265 e. The van der Waals surface area contributed by atoms with Crippen molar-refractivity contribution < 1.29 is 4.79 Å². The van der Waals surface area contributed by atoms with Crippen molar-refractivity contribution in [2.75, 3.05) is 13.1 Å². The van der Waals surface area contributed by atoms with Crippen LogP contribution in [0.15, 0.2) is 11.8 Å². The maximum atomic E-state index is 12.7. The first-order valence-electron chi connectivity index (χ1n) is 10.6. The van der Waals surface area contributed by atoms with Gasteiger partial charge in [0.2, 0.25) is 0 Å². The summed E-state index contributed by atoms with van der Waals surface area (Å²) in [6.45, 7) is 6.07. The lowest BCUT2D eigenvalue weighted by Gasteiger charge is -2.59. The van der Waals surface area contributed by atoms with E-state index in [1.54, 1.807) is 6.20 Å². The Labute approximate surface area is 158 Å². The number of carbonyl (C=O) groups excluding carboxylic acids is 1. The summed E-state index contributed by atoms with van der Waals surface area (Å²) in [6.07, 6.45) is 12.1. The number of amides is 1. The highest BCUT2D eigenvalue weighted by atomic mass is 16.2. The van der Waals surface area contributed by atoms with Gasteiger partial charge in [-0.3, -0.25) is 4.79 Å². The third kappa shape index (κ3) is 3.26. The fourth-order valence-electron chi connectivity index (χ4n) is 6.62. The molecule has 1 amide bonds. The molecular weight excluding hydrogens is 322 g/mol. The summed E-state index contributed by atoms with van der Waals surface area (Å²) in [6, 6.07) is 2.49. The van der Waals surface area contributed by atoms with E-state index < -0.39 is 0 Å². The average molecular weight is 356 g/mol. The summed E-state index contributed by atoms with van der Waals surface area (Å²) >= 11 is 0. The van der Waals surface area contributed by atoms with Crippen LogP contribution in [0.1, 0.15) is 65.2 Å². The maximum absolute atomic E-state index is 12.7. The molecule has 4 bridgehead atoms. The van der Waals surface area contributed by atoms with E-state index in [1.165, 1.54) is 38.5 Å². The van der Waals surface area contributed by atoms with E-state index in [0.29, 0.717) is 17.4 Å². The number of hydrogen-bond acceptors (Lipinski definition) is 3. The van der Waals surface area contributed by atoms with Crippen molar-refractivity contribution in [3.8, 4) is 6.07 Å². The van der Waals surface area contributed by atoms with Gasteiger partial charge in [0, 0.05) is 25.3 Å². The Kier molecular flexibility index (Phi) is 4.75. The minimum Gasteiger partial charge on any atom is -0.387 e. The quantitative estimate of drug-likeness (QED) is 0.616. The van der Waals surface area contributed by atoms with Gasteiger partial charge in [0.15, 0.2) is 0 Å². The fraction of sp³-hybridized carbons (Fsp3) is 0.818. The van der Waals surface area contributed by atoms with Crippen molar-refractivity contribution in [2.24, 2.45) is 29.1 Å². The Morgan fingerprint density at radius 2 is 1.69 bits per heavy atom. The highest BCUT2D eigenvalue weighted by molar-refractivity contribution is 5.97. The molecule has 142 valence electrons. The summed E-state index contributed by atoms with van der Waals surface area (Å²) < 4.78 is 0. The third-order valence-corrected chi connectivity index (χ3v) is 7.90. The lowest BCUT2D eigenvalue weighted by molar-refractivity contribution is -0.128. The molecule has 0 aromatic carbocycles. The molecule has 4 aliphatic carbocycles. The van der Waals surface area contributed by atoms with Gasteiger partial charge in [-0.15, -0.1) is 0 Å². The third-order valence-electron chi connectivity index (χ3n) is 7.90. The number of nitrogens with one attached hydrogen (secondary N) is 1. The van der Waals surface area contributed by atoms with Crippen molar-refractivity contribution in [1.29, 1.82) is 5.26 Å². The van der Waals surface area contributed by atoms with Gasteiger partial charge in [-0.2, -0.15) is 5.26 Å². The van der Waals surface area contributed by atoms with Gasteiger partial charge in [0.1, 0.15) is 11.6 Å². The Balaban J connectivity index is 1.41. The predicted octanol–water partition coefficient (Wildman–Crippen LogP) is 3.85. The molecule has 0 aromatic rings. The van der Waals surface area contributed by atoms with Gasteiger partial charge in [-0.1, -0.05) is 6.92 Å². The van der Waals surface area contributed by atoms with Gasteiger partial charge in [0.25, 0.3) is 5.91 Å². The Hall–Kier alpha value is -1.50. The molecule has 26 heavy (non-hydrogen) atoms. The van der Waals surface area contributed by atoms with Gasteiger partial charge >= 0.3 is 0 Å². The van der Waals surface area contributed by atoms with Crippen molar-refractivity contribution in [2.45, 2.75) is 71.3 Å². The second-order valence-corrected chi connectivity index (χ2v) is 9.81. The zero-order chi connectivity index (χ0) is 18.3. The fourth-order valence-corrected chi connectivity index (χ4v) is 6.62. The Morgan fingerprint density at radius 3 is 2.19 bits per heavy atom. The highest BCUT2D eigenvalue weighted by Crippen LogP contribution is 2.61. The number of hydrogen-bond donors (Lipinski definition) is 1. The van der Waals surface area contributed by atoms with Crippen LogP contribution < -0.4 is 5.32 Å². The molecule has 1 unspecified atom stereocenters. The van der Waals surface area contributed by atoms with Gasteiger partial charge in [0.05, 0.1) is 0 Å². The number of likely N-dealkylation sites (tertiary alicyclic amines) is 1. The molecule has 0 spiro atoms. The number of carbonyl (C=O) groups is 1. The molecule has 1 N–H and O–H groups in total. The van der Waals surface area contributed by atoms with Gasteiger partial charge in [-0.25, -0.2) is 0 Å². The van der Waals surface area contributed by atoms with E-state index in [4.69, 9.17) is 0 Å². The molecule has 4 saturated carbocycles. The zero-order valence-corrected chi connectivity index (χ0v) is 16.3. The topological polar surface area (TPSA) is 56.1 Å². The second kappa shape index (κ2) is 6.91. The Morgan fingerprint density at radius 1 is 1.15 bits per heavy atom. The van der Waals surface area contributed by atoms with Crippen molar-refractivity contribution in [1.82, 2.24) is 10.2 Å². The SMILES string of the molecule is CC1CCN(C(=O)/C(C#N)=C\NC(C)C23CC4CC(CC(C4)C2)C3)CC1. The first kappa shape index (κ1) is 17.9. The van der Waals surface area contributed by atoms with Crippen LogP contribution in [-0.2, 0) is 4.79 Å². The molecule has 0 radical (unpaired) electrons. The van der Waals surface area contributed by atoms with E-state index in [2.05, 4.69) is 25.2 Å². The summed E-state index contributed by atoms with van der Waals surface area (Å²) in [5.74, 6) is 3.35. The maximum Gasteiger partial charge on any atom is 0.265 e. The monoisotopic (exact) mass is 355 g/mol. The summed E-state index contributed by atoms with van der Waals surface area (Å²) in [5, 5.41) is 13.0. The summed E-state index contributed by atoms with van der Waals surface area (Å²) in [7, 11) is 0. The predicted molar refractivity (Wildman–Crippen MR) is 102 cm³/mol. The molecule has 4 heteroatoms. The first-order valence-corrected chi connectivity index (χ1v) is 10.6. The average Bonchev–Trinajstić information content (AvgIpc) is 2.61. The van der Waals surface area contributed by atoms with Crippen molar-refractivity contribution in [3.05, 3.63) is 11.8 Å². The lowest BCUT2D eigenvalue weighted by Crippen LogP contribution is -2.54. The van der Waals surface area contributed by atoms with E-state index in [0.717, 1.165) is 43.7 Å². The second-order valence-electron chi connectivity index (χ2n) is 9.81. The largest absolute Gasteiger partial charge is 0.387 e. The number of nitrogens with zero attached hydrogens (tertiary/aromatic N) is 2. The van der Waals surface area contributed by atoms with E-state index in [9.17, 15) is 10.1 Å². The summed E-state index contributed by atoms with van der Waals surface area (Å²) in [4.78, 5) is 14.5. The van der Waals surface area contributed by atoms with Crippen LogP contribution in [0.5, 0.6) is 0 Å². The molecule has 1 atom stereocenters. The van der Waals surface area contributed by atoms with Crippen molar-refractivity contribution in [3.63, 3.8) is 0 Å². The van der Waals surface area contributed by atoms with Crippen LogP contribution in [0.25, 0.3) is 0 Å². The highest BCUT2D eigenvalue weighted by Gasteiger charge is 2.53. The van der Waals surface area contributed by atoms with E-state index in [-0.39, 0.29) is 11.5 Å². The minimum absolute atomic E-state index is 0.0930. The molecular formula is C22H33N3O. The standard InChI is InChI=1S/C22H33N3O/c1-15-3-5-25(6-4-15)21(26)20(13-23)14-24-16(2)22-10-17-7-18(11-22)9-19(8-17)12-22/h14-19,24H,3-12H2,1-2H3/b20-14-. The number of nitriles is 1. The van der Waals surface area contributed by atoms with E-state index >= 15 is 0 Å². The van der Waals surface area contributed by atoms with Crippen LogP contribution in [0.2, 0.25) is 0 Å². The number of rotatable bonds is 4. The molecule has 1 aliphatic heterocycles. The van der Waals surface area contributed by atoms with Gasteiger partial charge < -0.3 is 10.2 Å². The molecule has 5 aliphatic rings. The van der Waals surface area contributed by atoms with Crippen LogP contribution in [-0.4, -0.2) is 29.9 Å². The Bertz CT molecular complexity index is 589.